The number of fused-ring (bicyclic) bond motifs is 1. The van der Waals surface area contributed by atoms with Gasteiger partial charge >= 0.3 is 0 Å². The summed E-state index contributed by atoms with van der Waals surface area (Å²) in [6.07, 6.45) is 8.71. The van der Waals surface area contributed by atoms with Gasteiger partial charge in [0.15, 0.2) is 0 Å². The molecule has 0 nitrogen and oxygen atoms in total. The van der Waals surface area contributed by atoms with Crippen molar-refractivity contribution in [1.29, 1.82) is 0 Å². The van der Waals surface area contributed by atoms with Gasteiger partial charge in [-0.05, 0) is 42.4 Å². The average molecular weight is 220 g/mol. The van der Waals surface area contributed by atoms with E-state index in [0.717, 1.165) is 11.8 Å². The van der Waals surface area contributed by atoms with E-state index in [2.05, 4.69) is 34.3 Å². The van der Waals surface area contributed by atoms with Crippen LogP contribution in [0.3, 0.4) is 0 Å². The van der Waals surface area contributed by atoms with Crippen molar-refractivity contribution in [3.63, 3.8) is 0 Å². The molecule has 0 heterocycles. The molecular weight excluding hydrogens is 192 g/mol. The van der Waals surface area contributed by atoms with Gasteiger partial charge in [0, 0.05) is 0 Å². The third-order valence-corrected chi connectivity index (χ3v) is 5.95. The zero-order valence-corrected chi connectivity index (χ0v) is 11.6. The zero-order valence-electron chi connectivity index (χ0n) is 11.6. The van der Waals surface area contributed by atoms with Crippen molar-refractivity contribution in [3.8, 4) is 0 Å². The van der Waals surface area contributed by atoms with Gasteiger partial charge in [0.25, 0.3) is 0 Å². The Bertz CT molecular complexity index is 286. The highest BCUT2D eigenvalue weighted by atomic mass is 14.5. The van der Waals surface area contributed by atoms with E-state index in [-0.39, 0.29) is 0 Å². The summed E-state index contributed by atoms with van der Waals surface area (Å²) in [6, 6.07) is 0. The van der Waals surface area contributed by atoms with Crippen molar-refractivity contribution in [2.75, 3.05) is 0 Å². The van der Waals surface area contributed by atoms with Crippen LogP contribution in [-0.2, 0) is 0 Å². The first-order valence-corrected chi connectivity index (χ1v) is 7.03. The monoisotopic (exact) mass is 220 g/mol. The van der Waals surface area contributed by atoms with Gasteiger partial charge in [-0.1, -0.05) is 58.6 Å². The van der Waals surface area contributed by atoms with Crippen molar-refractivity contribution in [2.24, 2.45) is 22.7 Å². The van der Waals surface area contributed by atoms with Crippen LogP contribution in [0.15, 0.2) is 12.2 Å². The van der Waals surface area contributed by atoms with Crippen molar-refractivity contribution < 1.29 is 0 Å². The van der Waals surface area contributed by atoms with Crippen LogP contribution < -0.4 is 0 Å². The fourth-order valence-electron chi connectivity index (χ4n) is 4.26. The molecule has 0 heteroatoms. The molecular formula is C16H28. The SMILES string of the molecule is C=C(C)C1(C)CC2CCCCC2CC1(C)C. The summed E-state index contributed by atoms with van der Waals surface area (Å²) in [7, 11) is 0. The molecule has 0 aliphatic heterocycles. The summed E-state index contributed by atoms with van der Waals surface area (Å²) in [5.41, 5.74) is 2.21. The molecule has 2 rings (SSSR count). The maximum atomic E-state index is 4.28. The third kappa shape index (κ3) is 1.75. The van der Waals surface area contributed by atoms with Crippen molar-refractivity contribution in [2.45, 2.75) is 66.2 Å². The van der Waals surface area contributed by atoms with E-state index in [9.17, 15) is 0 Å². The molecule has 2 aliphatic rings. The van der Waals surface area contributed by atoms with Crippen LogP contribution >= 0.6 is 0 Å². The highest BCUT2D eigenvalue weighted by molar-refractivity contribution is 5.15. The van der Waals surface area contributed by atoms with E-state index in [0.29, 0.717) is 10.8 Å². The predicted octanol–water partition coefficient (Wildman–Crippen LogP) is 5.20. The lowest BCUT2D eigenvalue weighted by atomic mass is 9.49. The van der Waals surface area contributed by atoms with E-state index in [4.69, 9.17) is 0 Å². The summed E-state index contributed by atoms with van der Waals surface area (Å²) >= 11 is 0. The van der Waals surface area contributed by atoms with E-state index in [1.807, 2.05) is 0 Å². The molecule has 0 spiro atoms. The molecule has 0 N–H and O–H groups in total. The lowest BCUT2D eigenvalue weighted by Gasteiger charge is -2.55. The predicted molar refractivity (Wildman–Crippen MR) is 71.4 cm³/mol. The largest absolute Gasteiger partial charge is 0.0996 e. The summed E-state index contributed by atoms with van der Waals surface area (Å²) in [6.45, 7) is 13.9. The van der Waals surface area contributed by atoms with E-state index in [1.165, 1.54) is 44.1 Å². The summed E-state index contributed by atoms with van der Waals surface area (Å²) < 4.78 is 0. The first-order chi connectivity index (χ1) is 7.37. The van der Waals surface area contributed by atoms with Gasteiger partial charge in [-0.25, -0.2) is 0 Å². The quantitative estimate of drug-likeness (QED) is 0.533. The molecule has 0 bridgehead atoms. The highest BCUT2D eigenvalue weighted by Gasteiger charge is 2.50. The number of hydrogen-bond donors (Lipinski definition) is 0. The smallest absolute Gasteiger partial charge is 0.00679 e. The van der Waals surface area contributed by atoms with Gasteiger partial charge in [-0.2, -0.15) is 0 Å². The van der Waals surface area contributed by atoms with E-state index < -0.39 is 0 Å². The Balaban J connectivity index is 2.25. The molecule has 92 valence electrons. The van der Waals surface area contributed by atoms with Crippen LogP contribution in [0.2, 0.25) is 0 Å². The molecule has 0 aromatic rings. The van der Waals surface area contributed by atoms with Crippen LogP contribution in [0.25, 0.3) is 0 Å². The van der Waals surface area contributed by atoms with E-state index >= 15 is 0 Å². The maximum Gasteiger partial charge on any atom is -0.00679 e. The second kappa shape index (κ2) is 3.89. The molecule has 3 atom stereocenters. The highest BCUT2D eigenvalue weighted by Crippen LogP contribution is 2.59. The topological polar surface area (TPSA) is 0 Å². The standard InChI is InChI=1S/C16H28/c1-12(2)16(5)11-14-9-7-6-8-13(14)10-15(16,3)4/h13-14H,1,6-11H2,2-5H3. The van der Waals surface area contributed by atoms with Gasteiger partial charge in [0.05, 0.1) is 0 Å². The normalized spacial score (nSPS) is 42.5. The molecule has 2 fully saturated rings. The van der Waals surface area contributed by atoms with Crippen LogP contribution in [0.4, 0.5) is 0 Å². The lowest BCUT2D eigenvalue weighted by Crippen LogP contribution is -2.46. The van der Waals surface area contributed by atoms with Crippen LogP contribution in [0.1, 0.15) is 66.2 Å². The zero-order chi connectivity index (χ0) is 12.0. The molecule has 0 saturated heterocycles. The molecule has 2 saturated carbocycles. The van der Waals surface area contributed by atoms with E-state index in [1.54, 1.807) is 0 Å². The first-order valence-electron chi connectivity index (χ1n) is 7.03. The third-order valence-electron chi connectivity index (χ3n) is 5.95. The Morgan fingerprint density at radius 1 is 1.00 bits per heavy atom. The van der Waals surface area contributed by atoms with Crippen LogP contribution in [0.5, 0.6) is 0 Å². The molecule has 16 heavy (non-hydrogen) atoms. The maximum absolute atomic E-state index is 4.28. The number of hydrogen-bond acceptors (Lipinski definition) is 0. The van der Waals surface area contributed by atoms with Gasteiger partial charge in [0.1, 0.15) is 0 Å². The van der Waals surface area contributed by atoms with Gasteiger partial charge in [0.2, 0.25) is 0 Å². The molecule has 3 unspecified atom stereocenters. The minimum absolute atomic E-state index is 0.367. The fourth-order valence-corrected chi connectivity index (χ4v) is 4.26. The summed E-state index contributed by atoms with van der Waals surface area (Å²) in [5.74, 6) is 2.00. The molecule has 0 amide bonds. The number of rotatable bonds is 1. The Labute approximate surface area is 102 Å². The summed E-state index contributed by atoms with van der Waals surface area (Å²) in [4.78, 5) is 0. The minimum atomic E-state index is 0.367. The fraction of sp³-hybridized carbons (Fsp3) is 0.875. The Hall–Kier alpha value is -0.260. The molecule has 0 radical (unpaired) electrons. The van der Waals surface area contributed by atoms with Crippen molar-refractivity contribution >= 4 is 0 Å². The Kier molecular flexibility index (Phi) is 2.97. The molecule has 0 aromatic carbocycles. The minimum Gasteiger partial charge on any atom is -0.0996 e. The van der Waals surface area contributed by atoms with Crippen molar-refractivity contribution in [1.82, 2.24) is 0 Å². The van der Waals surface area contributed by atoms with Gasteiger partial charge in [-0.15, -0.1) is 0 Å². The average Bonchev–Trinajstić information content (AvgIpc) is 2.18. The number of allylic oxidation sites excluding steroid dienone is 1. The van der Waals surface area contributed by atoms with Gasteiger partial charge in [-0.3, -0.25) is 0 Å². The Morgan fingerprint density at radius 3 is 2.00 bits per heavy atom. The van der Waals surface area contributed by atoms with Crippen molar-refractivity contribution in [3.05, 3.63) is 12.2 Å². The second-order valence-electron chi connectivity index (χ2n) is 7.21. The van der Waals surface area contributed by atoms with Crippen LogP contribution in [-0.4, -0.2) is 0 Å². The molecule has 2 aliphatic carbocycles. The second-order valence-corrected chi connectivity index (χ2v) is 7.21. The van der Waals surface area contributed by atoms with Gasteiger partial charge < -0.3 is 0 Å². The lowest BCUT2D eigenvalue weighted by molar-refractivity contribution is -0.0211. The Morgan fingerprint density at radius 2 is 1.50 bits per heavy atom. The first kappa shape index (κ1) is 12.2. The molecule has 0 aromatic heterocycles. The summed E-state index contributed by atoms with van der Waals surface area (Å²) in [5, 5.41) is 0. The van der Waals surface area contributed by atoms with Crippen LogP contribution in [0, 0.1) is 22.7 Å².